The number of thiazole rings is 1. The quantitative estimate of drug-likeness (QED) is 0.427. The second-order valence-corrected chi connectivity index (χ2v) is 11.4. The van der Waals surface area contributed by atoms with Gasteiger partial charge < -0.3 is 9.64 Å². The molecule has 1 aromatic heterocycles. The molecule has 0 spiro atoms. The van der Waals surface area contributed by atoms with E-state index in [0.29, 0.717) is 25.9 Å². The Labute approximate surface area is 193 Å². The fourth-order valence-corrected chi connectivity index (χ4v) is 7.29. The van der Waals surface area contributed by atoms with Crippen molar-refractivity contribution in [2.24, 2.45) is 0 Å². The summed E-state index contributed by atoms with van der Waals surface area (Å²) >= 11 is 11.1. The predicted octanol–water partition coefficient (Wildman–Crippen LogP) is 5.68. The summed E-state index contributed by atoms with van der Waals surface area (Å²) in [6.07, 6.45) is 1.08. The van der Waals surface area contributed by atoms with Gasteiger partial charge in [-0.25, -0.2) is 13.4 Å². The molecule has 5 nitrogen and oxygen atoms in total. The fourth-order valence-electron chi connectivity index (χ4n) is 3.63. The average Bonchev–Trinajstić information content (AvgIpc) is 3.23. The van der Waals surface area contributed by atoms with E-state index in [1.165, 1.54) is 0 Å². The Morgan fingerprint density at radius 1 is 1.20 bits per heavy atom. The summed E-state index contributed by atoms with van der Waals surface area (Å²) in [6, 6.07) is 12.7. The molecule has 1 fully saturated rings. The summed E-state index contributed by atoms with van der Waals surface area (Å²) in [5.41, 5.74) is 1.81. The minimum atomic E-state index is -3.47. The number of nitrogens with zero attached hydrogens (tertiary/aromatic N) is 2. The van der Waals surface area contributed by atoms with Crippen molar-refractivity contribution in [2.75, 3.05) is 25.1 Å². The van der Waals surface area contributed by atoms with E-state index >= 15 is 0 Å². The molecule has 0 saturated carbocycles. The normalized spacial score (nSPS) is 15.4. The van der Waals surface area contributed by atoms with Crippen molar-refractivity contribution >= 4 is 53.8 Å². The number of sulfone groups is 1. The monoisotopic (exact) mass is 526 g/mol. The zero-order valence-corrected chi connectivity index (χ0v) is 20.2. The molecule has 0 unspecified atom stereocenters. The Morgan fingerprint density at radius 3 is 2.63 bits per heavy atom. The van der Waals surface area contributed by atoms with Crippen LogP contribution >= 0.6 is 38.9 Å². The molecule has 1 aliphatic heterocycles. The molecule has 0 radical (unpaired) electrons. The molecule has 4 rings (SSSR count). The highest BCUT2D eigenvalue weighted by Crippen LogP contribution is 2.36. The molecule has 30 heavy (non-hydrogen) atoms. The standard InChI is InChI=1S/C21H20BrClN2O3S2/c1-28-19-5-3-2-4-16(19)18-13-29-21(24-18)25-10-8-15(9-11-25)30(26,27)20-7-6-14(22)12-17(20)23/h2-7,12-13,15H,8-11H2,1H3. The zero-order chi connectivity index (χ0) is 21.3. The van der Waals surface area contributed by atoms with E-state index in [0.717, 1.165) is 26.6 Å². The van der Waals surface area contributed by atoms with E-state index in [9.17, 15) is 8.42 Å². The third kappa shape index (κ3) is 4.23. The Morgan fingerprint density at radius 2 is 1.93 bits per heavy atom. The molecule has 3 aromatic rings. The van der Waals surface area contributed by atoms with Crippen LogP contribution in [0.5, 0.6) is 5.75 Å². The van der Waals surface area contributed by atoms with Gasteiger partial charge in [0.25, 0.3) is 0 Å². The molecule has 1 aliphatic rings. The number of aromatic nitrogens is 1. The maximum absolute atomic E-state index is 13.1. The largest absolute Gasteiger partial charge is 0.496 e. The van der Waals surface area contributed by atoms with Gasteiger partial charge in [-0.15, -0.1) is 11.3 Å². The van der Waals surface area contributed by atoms with Crippen LogP contribution in [0.2, 0.25) is 5.02 Å². The molecule has 2 aromatic carbocycles. The maximum Gasteiger partial charge on any atom is 0.185 e. The van der Waals surface area contributed by atoms with Gasteiger partial charge in [-0.05, 0) is 43.2 Å². The average molecular weight is 528 g/mol. The lowest BCUT2D eigenvalue weighted by molar-refractivity contribution is 0.416. The molecule has 1 saturated heterocycles. The van der Waals surface area contributed by atoms with Crippen LogP contribution < -0.4 is 9.64 Å². The molecule has 0 bridgehead atoms. The van der Waals surface area contributed by atoms with Crippen LogP contribution in [0.1, 0.15) is 12.8 Å². The highest BCUT2D eigenvalue weighted by Gasteiger charge is 2.33. The van der Waals surface area contributed by atoms with Crippen molar-refractivity contribution in [1.29, 1.82) is 0 Å². The number of halogens is 2. The van der Waals surface area contributed by atoms with Crippen LogP contribution in [-0.4, -0.2) is 38.9 Å². The summed E-state index contributed by atoms with van der Waals surface area (Å²) in [7, 11) is -1.83. The van der Waals surface area contributed by atoms with Gasteiger partial charge in [0.05, 0.1) is 28.0 Å². The summed E-state index contributed by atoms with van der Waals surface area (Å²) in [5, 5.41) is 2.72. The number of methoxy groups -OCH3 is 1. The topological polar surface area (TPSA) is 59.5 Å². The lowest BCUT2D eigenvalue weighted by atomic mass is 10.1. The first-order valence-electron chi connectivity index (χ1n) is 9.43. The molecule has 9 heteroatoms. The first-order chi connectivity index (χ1) is 14.4. The third-order valence-electron chi connectivity index (χ3n) is 5.23. The van der Waals surface area contributed by atoms with E-state index in [2.05, 4.69) is 20.8 Å². The number of rotatable bonds is 5. The lowest BCUT2D eigenvalue weighted by Gasteiger charge is -2.31. The van der Waals surface area contributed by atoms with Gasteiger partial charge in [0.15, 0.2) is 15.0 Å². The zero-order valence-electron chi connectivity index (χ0n) is 16.2. The van der Waals surface area contributed by atoms with Gasteiger partial charge in [-0.2, -0.15) is 0 Å². The van der Waals surface area contributed by atoms with Gasteiger partial charge in [0, 0.05) is 28.5 Å². The molecule has 158 valence electrons. The Bertz CT molecular complexity index is 1160. The number of para-hydroxylation sites is 1. The molecule has 0 aliphatic carbocycles. The van der Waals surface area contributed by atoms with Gasteiger partial charge in [0.2, 0.25) is 0 Å². The van der Waals surface area contributed by atoms with Crippen molar-refractivity contribution in [3.63, 3.8) is 0 Å². The number of hydrogen-bond acceptors (Lipinski definition) is 6. The van der Waals surface area contributed by atoms with Crippen molar-refractivity contribution in [3.05, 3.63) is 57.3 Å². The van der Waals surface area contributed by atoms with Gasteiger partial charge in [0.1, 0.15) is 5.75 Å². The van der Waals surface area contributed by atoms with Gasteiger partial charge in [-0.3, -0.25) is 0 Å². The summed E-state index contributed by atoms with van der Waals surface area (Å²) in [5.74, 6) is 0.783. The lowest BCUT2D eigenvalue weighted by Crippen LogP contribution is -2.39. The van der Waals surface area contributed by atoms with E-state index in [-0.39, 0.29) is 9.92 Å². The first kappa shape index (κ1) is 21.6. The molecule has 0 N–H and O–H groups in total. The number of hydrogen-bond donors (Lipinski definition) is 0. The molecule has 0 amide bonds. The number of benzene rings is 2. The predicted molar refractivity (Wildman–Crippen MR) is 126 cm³/mol. The van der Waals surface area contributed by atoms with Crippen LogP contribution in [0.4, 0.5) is 5.13 Å². The van der Waals surface area contributed by atoms with Crippen molar-refractivity contribution in [2.45, 2.75) is 23.0 Å². The number of ether oxygens (including phenoxy) is 1. The van der Waals surface area contributed by atoms with Gasteiger partial charge >= 0.3 is 0 Å². The molecular formula is C21H20BrClN2O3S2. The summed E-state index contributed by atoms with van der Waals surface area (Å²) < 4.78 is 32.3. The number of piperidine rings is 1. The second kappa shape index (κ2) is 8.86. The fraction of sp³-hybridized carbons (Fsp3) is 0.286. The minimum Gasteiger partial charge on any atom is -0.496 e. The molecular weight excluding hydrogens is 508 g/mol. The van der Waals surface area contributed by atoms with Crippen molar-refractivity contribution in [3.8, 4) is 17.0 Å². The third-order valence-corrected chi connectivity index (χ3v) is 9.36. The summed E-state index contributed by atoms with van der Waals surface area (Å²) in [6.45, 7) is 1.27. The van der Waals surface area contributed by atoms with Crippen molar-refractivity contribution in [1.82, 2.24) is 4.98 Å². The minimum absolute atomic E-state index is 0.207. The first-order valence-corrected chi connectivity index (χ1v) is 13.0. The molecule has 0 atom stereocenters. The van der Waals surface area contributed by atoms with Crippen LogP contribution in [-0.2, 0) is 9.84 Å². The van der Waals surface area contributed by atoms with Crippen molar-refractivity contribution < 1.29 is 13.2 Å². The Balaban J connectivity index is 1.48. The van der Waals surface area contributed by atoms with Crippen LogP contribution in [0.25, 0.3) is 11.3 Å². The second-order valence-electron chi connectivity index (χ2n) is 7.02. The maximum atomic E-state index is 13.1. The van der Waals surface area contributed by atoms with Crippen LogP contribution in [0.15, 0.2) is 57.2 Å². The van der Waals surface area contributed by atoms with Gasteiger partial charge in [-0.1, -0.05) is 39.7 Å². The highest BCUT2D eigenvalue weighted by atomic mass is 79.9. The SMILES string of the molecule is COc1ccccc1-c1csc(N2CCC(S(=O)(=O)c3ccc(Br)cc3Cl)CC2)n1. The van der Waals surface area contributed by atoms with Crippen LogP contribution in [0, 0.1) is 0 Å². The summed E-state index contributed by atoms with van der Waals surface area (Å²) in [4.78, 5) is 7.13. The van der Waals surface area contributed by atoms with E-state index in [4.69, 9.17) is 21.3 Å². The van der Waals surface area contributed by atoms with E-state index in [1.54, 1.807) is 36.6 Å². The molecule has 2 heterocycles. The smallest absolute Gasteiger partial charge is 0.185 e. The van der Waals surface area contributed by atoms with E-state index < -0.39 is 15.1 Å². The Kier molecular flexibility index (Phi) is 6.39. The Hall–Kier alpha value is -1.61. The number of anilines is 1. The van der Waals surface area contributed by atoms with E-state index in [1.807, 2.05) is 29.6 Å². The highest BCUT2D eigenvalue weighted by molar-refractivity contribution is 9.10. The van der Waals surface area contributed by atoms with Crippen LogP contribution in [0.3, 0.4) is 0 Å².